The largest absolute Gasteiger partial charge is 0.466 e. The Morgan fingerprint density at radius 3 is 1.07 bits per heavy atom. The van der Waals surface area contributed by atoms with Crippen molar-refractivity contribution in [2.24, 2.45) is 11.8 Å². The van der Waals surface area contributed by atoms with Gasteiger partial charge in [-0.15, -0.1) is 0 Å². The van der Waals surface area contributed by atoms with Gasteiger partial charge in [-0.05, 0) is 84.3 Å². The molecular formula is C50H97NO6. The second-order valence-corrected chi connectivity index (χ2v) is 17.1. The van der Waals surface area contributed by atoms with E-state index in [1.54, 1.807) is 0 Å². The second-order valence-electron chi connectivity index (χ2n) is 17.1. The molecule has 0 aliphatic rings. The molecule has 7 heteroatoms. The van der Waals surface area contributed by atoms with E-state index in [1.165, 1.54) is 103 Å². The van der Waals surface area contributed by atoms with Gasteiger partial charge in [-0.25, -0.2) is 0 Å². The van der Waals surface area contributed by atoms with E-state index in [0.717, 1.165) is 129 Å². The zero-order chi connectivity index (χ0) is 41.9. The maximum Gasteiger partial charge on any atom is 0.308 e. The van der Waals surface area contributed by atoms with E-state index in [4.69, 9.17) is 14.2 Å². The van der Waals surface area contributed by atoms with E-state index in [0.29, 0.717) is 26.2 Å². The average Bonchev–Trinajstić information content (AvgIpc) is 3.20. The van der Waals surface area contributed by atoms with Crippen LogP contribution in [0.15, 0.2) is 0 Å². The minimum absolute atomic E-state index is 0.0384. The quantitative estimate of drug-likeness (QED) is 0.0344. The maximum absolute atomic E-state index is 13.0. The van der Waals surface area contributed by atoms with Crippen molar-refractivity contribution in [1.82, 2.24) is 4.90 Å². The topological polar surface area (TPSA) is 82.1 Å². The standard InChI is InChI=1S/C50H97NO6/c1-6-11-15-19-21-29-38-46(36-27-17-13-8-3)49(53)56-44-33-25-23-31-41-51(43-35-40-48(52)55-10-5)42-32-24-26-34-45-57-50(54)47(37-28-18-14-9-4)39-30-22-20-16-12-7-2/h46-47H,6-45H2,1-5H3/t46-,47?/m0/s1. The highest BCUT2D eigenvalue weighted by molar-refractivity contribution is 5.72. The summed E-state index contributed by atoms with van der Waals surface area (Å²) in [5, 5.41) is 0. The minimum atomic E-state index is -0.105. The van der Waals surface area contributed by atoms with Crippen LogP contribution < -0.4 is 0 Å². The fourth-order valence-corrected chi connectivity index (χ4v) is 7.92. The Hall–Kier alpha value is -1.63. The molecule has 0 fully saturated rings. The van der Waals surface area contributed by atoms with Crippen LogP contribution >= 0.6 is 0 Å². The van der Waals surface area contributed by atoms with E-state index in [-0.39, 0.29) is 29.7 Å². The lowest BCUT2D eigenvalue weighted by Crippen LogP contribution is -2.28. The van der Waals surface area contributed by atoms with Gasteiger partial charge in [-0.3, -0.25) is 14.4 Å². The molecule has 0 aromatic heterocycles. The molecule has 0 radical (unpaired) electrons. The van der Waals surface area contributed by atoms with Gasteiger partial charge in [-0.1, -0.05) is 182 Å². The average molecular weight is 808 g/mol. The smallest absolute Gasteiger partial charge is 0.308 e. The van der Waals surface area contributed by atoms with E-state index in [1.807, 2.05) is 6.92 Å². The molecule has 7 nitrogen and oxygen atoms in total. The van der Waals surface area contributed by atoms with Crippen LogP contribution in [-0.4, -0.2) is 62.3 Å². The van der Waals surface area contributed by atoms with Crippen LogP contribution in [0.25, 0.3) is 0 Å². The van der Waals surface area contributed by atoms with Gasteiger partial charge in [0.25, 0.3) is 0 Å². The summed E-state index contributed by atoms with van der Waals surface area (Å²) in [5.41, 5.74) is 0. The summed E-state index contributed by atoms with van der Waals surface area (Å²) in [6, 6.07) is 0. The molecule has 0 spiro atoms. The summed E-state index contributed by atoms with van der Waals surface area (Å²) in [5.74, 6) is 0.117. The Balaban J connectivity index is 4.57. The highest BCUT2D eigenvalue weighted by Gasteiger charge is 2.20. The zero-order valence-electron chi connectivity index (χ0n) is 38.8. The monoisotopic (exact) mass is 808 g/mol. The Morgan fingerprint density at radius 1 is 0.368 bits per heavy atom. The molecular weight excluding hydrogens is 711 g/mol. The van der Waals surface area contributed by atoms with Gasteiger partial charge in [-0.2, -0.15) is 0 Å². The first-order valence-corrected chi connectivity index (χ1v) is 25.1. The van der Waals surface area contributed by atoms with Crippen LogP contribution in [0.5, 0.6) is 0 Å². The first kappa shape index (κ1) is 55.4. The molecule has 1 unspecified atom stereocenters. The highest BCUT2D eigenvalue weighted by atomic mass is 16.5. The van der Waals surface area contributed by atoms with Gasteiger partial charge < -0.3 is 19.1 Å². The molecule has 338 valence electrons. The lowest BCUT2D eigenvalue weighted by atomic mass is 9.94. The van der Waals surface area contributed by atoms with Crippen molar-refractivity contribution in [2.45, 2.75) is 253 Å². The molecule has 0 saturated carbocycles. The first-order valence-electron chi connectivity index (χ1n) is 25.1. The number of unbranched alkanes of at least 4 members (excludes halogenated alkanes) is 22. The molecule has 0 N–H and O–H groups in total. The molecule has 0 bridgehead atoms. The lowest BCUT2D eigenvalue weighted by Gasteiger charge is -2.22. The molecule has 0 heterocycles. The number of carbonyl (C=O) groups excluding carboxylic acids is 3. The third-order valence-corrected chi connectivity index (χ3v) is 11.7. The number of esters is 3. The Labute approximate surface area is 354 Å². The van der Waals surface area contributed by atoms with Crippen LogP contribution in [0, 0.1) is 11.8 Å². The molecule has 0 amide bonds. The summed E-state index contributed by atoms with van der Waals surface area (Å²) in [7, 11) is 0. The minimum Gasteiger partial charge on any atom is -0.466 e. The summed E-state index contributed by atoms with van der Waals surface area (Å²) < 4.78 is 16.8. The number of hydrogen-bond donors (Lipinski definition) is 0. The SMILES string of the molecule is CCCCCCCCC(CCCCCC)C(=O)OCCCCCCN(CCCCCCOC(=O)[C@@H](CCCCCC)CCCCCCCC)CCCC(=O)OCC. The normalized spacial score (nSPS) is 12.5. The van der Waals surface area contributed by atoms with Crippen molar-refractivity contribution in [2.75, 3.05) is 39.5 Å². The van der Waals surface area contributed by atoms with Crippen molar-refractivity contribution in [3.05, 3.63) is 0 Å². The van der Waals surface area contributed by atoms with Crippen molar-refractivity contribution in [1.29, 1.82) is 0 Å². The predicted molar refractivity (Wildman–Crippen MR) is 242 cm³/mol. The molecule has 0 aliphatic heterocycles. The van der Waals surface area contributed by atoms with Gasteiger partial charge in [0, 0.05) is 6.42 Å². The van der Waals surface area contributed by atoms with Crippen LogP contribution in [0.4, 0.5) is 0 Å². The number of rotatable bonds is 45. The van der Waals surface area contributed by atoms with Crippen molar-refractivity contribution in [3.8, 4) is 0 Å². The van der Waals surface area contributed by atoms with Crippen LogP contribution in [0.2, 0.25) is 0 Å². The highest BCUT2D eigenvalue weighted by Crippen LogP contribution is 2.22. The predicted octanol–water partition coefficient (Wildman–Crippen LogP) is 14.5. The molecule has 0 aromatic carbocycles. The molecule has 0 saturated heterocycles. The van der Waals surface area contributed by atoms with E-state index in [9.17, 15) is 14.4 Å². The lowest BCUT2D eigenvalue weighted by molar-refractivity contribution is -0.150. The number of hydrogen-bond acceptors (Lipinski definition) is 7. The molecule has 0 aromatic rings. The molecule has 0 rings (SSSR count). The Bertz CT molecular complexity index is 823. The maximum atomic E-state index is 13.0. The van der Waals surface area contributed by atoms with Gasteiger partial charge >= 0.3 is 17.9 Å². The van der Waals surface area contributed by atoms with Gasteiger partial charge in [0.05, 0.1) is 31.7 Å². The van der Waals surface area contributed by atoms with Gasteiger partial charge in [0.15, 0.2) is 0 Å². The molecule has 2 atom stereocenters. The Kier molecular flexibility index (Phi) is 42.7. The fourth-order valence-electron chi connectivity index (χ4n) is 7.92. The van der Waals surface area contributed by atoms with Crippen LogP contribution in [0.3, 0.4) is 0 Å². The van der Waals surface area contributed by atoms with Crippen molar-refractivity contribution >= 4 is 17.9 Å². The molecule has 57 heavy (non-hydrogen) atoms. The second kappa shape index (κ2) is 43.9. The summed E-state index contributed by atoms with van der Waals surface area (Å²) in [6.07, 6.45) is 38.4. The van der Waals surface area contributed by atoms with Crippen LogP contribution in [-0.2, 0) is 28.6 Å². The number of ether oxygens (including phenoxy) is 3. The van der Waals surface area contributed by atoms with Crippen molar-refractivity contribution < 1.29 is 28.6 Å². The first-order chi connectivity index (χ1) is 27.9. The van der Waals surface area contributed by atoms with Crippen LogP contribution in [0.1, 0.15) is 253 Å². The van der Waals surface area contributed by atoms with E-state index < -0.39 is 0 Å². The van der Waals surface area contributed by atoms with Gasteiger partial charge in [0.1, 0.15) is 0 Å². The number of nitrogens with zero attached hydrogens (tertiary/aromatic N) is 1. The van der Waals surface area contributed by atoms with Gasteiger partial charge in [0.2, 0.25) is 0 Å². The van der Waals surface area contributed by atoms with E-state index >= 15 is 0 Å². The summed E-state index contributed by atoms with van der Waals surface area (Å²) >= 11 is 0. The fraction of sp³-hybridized carbons (Fsp3) is 0.940. The third kappa shape index (κ3) is 37.1. The Morgan fingerprint density at radius 2 is 0.684 bits per heavy atom. The number of carbonyl (C=O) groups is 3. The molecule has 0 aliphatic carbocycles. The zero-order valence-corrected chi connectivity index (χ0v) is 38.8. The summed E-state index contributed by atoms with van der Waals surface area (Å²) in [6.45, 7) is 15.3. The third-order valence-electron chi connectivity index (χ3n) is 11.7. The van der Waals surface area contributed by atoms with E-state index in [2.05, 4.69) is 32.6 Å². The van der Waals surface area contributed by atoms with Crippen molar-refractivity contribution in [3.63, 3.8) is 0 Å². The summed E-state index contributed by atoms with van der Waals surface area (Å²) in [4.78, 5) is 40.5.